The van der Waals surface area contributed by atoms with E-state index in [1.165, 1.54) is 0 Å². The monoisotopic (exact) mass is 276 g/mol. The van der Waals surface area contributed by atoms with Gasteiger partial charge in [-0.25, -0.2) is 4.79 Å². The number of benzene rings is 1. The molecular weight excluding hydrogens is 256 g/mol. The molecule has 1 heterocycles. The summed E-state index contributed by atoms with van der Waals surface area (Å²) in [5, 5.41) is 12.2. The quantitative estimate of drug-likeness (QED) is 0.828. The smallest absolute Gasteiger partial charge is 0.317 e. The first-order chi connectivity index (χ1) is 9.63. The zero-order valence-electron chi connectivity index (χ0n) is 11.6. The molecule has 1 unspecified atom stereocenters. The molecule has 0 bridgehead atoms. The zero-order valence-corrected chi connectivity index (χ0v) is 11.6. The first-order valence-electron chi connectivity index (χ1n) is 6.97. The molecule has 5 nitrogen and oxygen atoms in total. The van der Waals surface area contributed by atoms with Crippen LogP contribution in [0.3, 0.4) is 0 Å². The first kappa shape index (κ1) is 14.4. The topological polar surface area (TPSA) is 69.6 Å². The fraction of sp³-hybridized carbons (Fsp3) is 0.467. The molecule has 20 heavy (non-hydrogen) atoms. The van der Waals surface area contributed by atoms with Crippen LogP contribution in [0.15, 0.2) is 24.3 Å². The van der Waals surface area contributed by atoms with Gasteiger partial charge in [-0.15, -0.1) is 0 Å². The summed E-state index contributed by atoms with van der Waals surface area (Å²) >= 11 is 0. The Labute approximate surface area is 118 Å². The molecule has 1 atom stereocenters. The van der Waals surface area contributed by atoms with E-state index in [0.29, 0.717) is 13.1 Å². The van der Waals surface area contributed by atoms with Crippen LogP contribution in [0.4, 0.5) is 4.79 Å². The number of aliphatic carboxylic acids is 1. The Morgan fingerprint density at radius 2 is 2.15 bits per heavy atom. The Hall–Kier alpha value is -2.04. The van der Waals surface area contributed by atoms with Gasteiger partial charge >= 0.3 is 12.0 Å². The van der Waals surface area contributed by atoms with Gasteiger partial charge < -0.3 is 15.3 Å². The minimum atomic E-state index is -0.886. The summed E-state index contributed by atoms with van der Waals surface area (Å²) in [5.41, 5.74) is 1.73. The molecule has 0 saturated carbocycles. The van der Waals surface area contributed by atoms with Crippen molar-refractivity contribution in [3.05, 3.63) is 35.4 Å². The van der Waals surface area contributed by atoms with Gasteiger partial charge in [-0.1, -0.05) is 37.6 Å². The molecule has 1 aliphatic rings. The van der Waals surface area contributed by atoms with Crippen LogP contribution >= 0.6 is 0 Å². The summed E-state index contributed by atoms with van der Waals surface area (Å²) in [7, 11) is 0. The van der Waals surface area contributed by atoms with Crippen LogP contribution < -0.4 is 5.32 Å². The molecule has 0 fully saturated rings. The Balaban J connectivity index is 2.12. The number of carboxylic acids is 1. The second-order valence-corrected chi connectivity index (χ2v) is 5.06. The predicted octanol–water partition coefficient (Wildman–Crippen LogP) is 2.18. The highest BCUT2D eigenvalue weighted by molar-refractivity contribution is 5.80. The average Bonchev–Trinajstić information content (AvgIpc) is 2.46. The van der Waals surface area contributed by atoms with Crippen LogP contribution in [0.2, 0.25) is 0 Å². The Morgan fingerprint density at radius 1 is 1.40 bits per heavy atom. The van der Waals surface area contributed by atoms with E-state index in [1.807, 2.05) is 24.3 Å². The Morgan fingerprint density at radius 3 is 2.85 bits per heavy atom. The normalized spacial score (nSPS) is 17.4. The summed E-state index contributed by atoms with van der Waals surface area (Å²) in [5.74, 6) is -1.53. The highest BCUT2D eigenvalue weighted by atomic mass is 16.4. The van der Waals surface area contributed by atoms with Crippen LogP contribution in [-0.4, -0.2) is 35.1 Å². The third kappa shape index (κ3) is 3.10. The number of carbonyl (C=O) groups excluding carboxylic acids is 1. The van der Waals surface area contributed by atoms with Crippen molar-refractivity contribution in [1.82, 2.24) is 10.2 Å². The molecule has 2 N–H and O–H groups in total. The molecule has 1 aromatic carbocycles. The third-order valence-corrected chi connectivity index (χ3v) is 3.59. The van der Waals surface area contributed by atoms with Gasteiger partial charge in [-0.05, 0) is 17.5 Å². The van der Waals surface area contributed by atoms with E-state index in [0.717, 1.165) is 24.0 Å². The number of amides is 2. The third-order valence-electron chi connectivity index (χ3n) is 3.59. The minimum Gasteiger partial charge on any atom is -0.481 e. The van der Waals surface area contributed by atoms with Gasteiger partial charge in [0.05, 0.1) is 5.92 Å². The maximum absolute atomic E-state index is 12.1. The number of nitrogens with one attached hydrogen (secondary N) is 1. The van der Waals surface area contributed by atoms with Crippen LogP contribution in [0.5, 0.6) is 0 Å². The van der Waals surface area contributed by atoms with E-state index >= 15 is 0 Å². The molecule has 0 saturated heterocycles. The number of hydrogen-bond acceptors (Lipinski definition) is 2. The molecular formula is C15H20N2O3. The van der Waals surface area contributed by atoms with Gasteiger partial charge in [0.15, 0.2) is 0 Å². The number of fused-ring (bicyclic) bond motifs is 1. The lowest BCUT2D eigenvalue weighted by molar-refractivity contribution is -0.139. The molecule has 0 aromatic heterocycles. The average molecular weight is 276 g/mol. The van der Waals surface area contributed by atoms with E-state index in [1.54, 1.807) is 4.90 Å². The number of rotatable bonds is 4. The van der Waals surface area contributed by atoms with Crippen molar-refractivity contribution in [3.8, 4) is 0 Å². The number of carboxylic acid groups (broad SMARTS) is 1. The molecule has 108 valence electrons. The zero-order chi connectivity index (χ0) is 14.5. The number of urea groups is 1. The van der Waals surface area contributed by atoms with Gasteiger partial charge in [0.25, 0.3) is 0 Å². The maximum atomic E-state index is 12.1. The Bertz CT molecular complexity index is 502. The van der Waals surface area contributed by atoms with E-state index in [2.05, 4.69) is 12.2 Å². The molecule has 1 aliphatic heterocycles. The van der Waals surface area contributed by atoms with Crippen molar-refractivity contribution in [1.29, 1.82) is 0 Å². The number of unbranched alkanes of at least 4 members (excludes halogenated alkanes) is 1. The molecule has 1 aromatic rings. The summed E-state index contributed by atoms with van der Waals surface area (Å²) in [6, 6.07) is 7.25. The standard InChI is InChI=1S/C15H20N2O3/c1-2-3-8-16-15(20)17-9-11-6-4-5-7-12(11)13(10-17)14(18)19/h4-7,13H,2-3,8-10H2,1H3,(H,16,20)(H,18,19). The van der Waals surface area contributed by atoms with Crippen LogP contribution in [0.1, 0.15) is 36.8 Å². The first-order valence-corrected chi connectivity index (χ1v) is 6.97. The summed E-state index contributed by atoms with van der Waals surface area (Å²) in [6.45, 7) is 3.39. The largest absolute Gasteiger partial charge is 0.481 e. The van der Waals surface area contributed by atoms with Gasteiger partial charge in [0, 0.05) is 19.6 Å². The van der Waals surface area contributed by atoms with Crippen molar-refractivity contribution in [2.45, 2.75) is 32.2 Å². The van der Waals surface area contributed by atoms with Gasteiger partial charge in [0.2, 0.25) is 0 Å². The van der Waals surface area contributed by atoms with Crippen LogP contribution in [0, 0.1) is 0 Å². The molecule has 0 spiro atoms. The molecule has 0 radical (unpaired) electrons. The number of carbonyl (C=O) groups is 2. The van der Waals surface area contributed by atoms with Crippen molar-refractivity contribution in [3.63, 3.8) is 0 Å². The lowest BCUT2D eigenvalue weighted by atomic mass is 9.90. The van der Waals surface area contributed by atoms with Gasteiger partial charge in [-0.3, -0.25) is 4.79 Å². The van der Waals surface area contributed by atoms with Gasteiger partial charge in [0.1, 0.15) is 0 Å². The highest BCUT2D eigenvalue weighted by Gasteiger charge is 2.32. The van der Waals surface area contributed by atoms with E-state index in [9.17, 15) is 14.7 Å². The fourth-order valence-corrected chi connectivity index (χ4v) is 2.46. The highest BCUT2D eigenvalue weighted by Crippen LogP contribution is 2.28. The van der Waals surface area contributed by atoms with E-state index in [-0.39, 0.29) is 12.6 Å². The number of hydrogen-bond donors (Lipinski definition) is 2. The fourth-order valence-electron chi connectivity index (χ4n) is 2.46. The van der Waals surface area contributed by atoms with Crippen molar-refractivity contribution in [2.24, 2.45) is 0 Å². The van der Waals surface area contributed by atoms with Crippen LogP contribution in [-0.2, 0) is 11.3 Å². The van der Waals surface area contributed by atoms with Crippen molar-refractivity contribution < 1.29 is 14.7 Å². The SMILES string of the molecule is CCCCNC(=O)N1Cc2ccccc2C(C(=O)O)C1. The van der Waals surface area contributed by atoms with E-state index in [4.69, 9.17) is 0 Å². The lowest BCUT2D eigenvalue weighted by Gasteiger charge is -2.32. The molecule has 2 amide bonds. The molecule has 5 heteroatoms. The maximum Gasteiger partial charge on any atom is 0.317 e. The van der Waals surface area contributed by atoms with Crippen molar-refractivity contribution in [2.75, 3.05) is 13.1 Å². The predicted molar refractivity (Wildman–Crippen MR) is 75.5 cm³/mol. The lowest BCUT2D eigenvalue weighted by Crippen LogP contribution is -2.45. The van der Waals surface area contributed by atoms with Crippen LogP contribution in [0.25, 0.3) is 0 Å². The summed E-state index contributed by atoms with van der Waals surface area (Å²) in [4.78, 5) is 25.0. The molecule has 2 rings (SSSR count). The second-order valence-electron chi connectivity index (χ2n) is 5.06. The Kier molecular flexibility index (Phi) is 4.61. The second kappa shape index (κ2) is 6.41. The number of nitrogens with zero attached hydrogens (tertiary/aromatic N) is 1. The summed E-state index contributed by atoms with van der Waals surface area (Å²) in [6.07, 6.45) is 1.94. The van der Waals surface area contributed by atoms with E-state index < -0.39 is 11.9 Å². The minimum absolute atomic E-state index is 0.181. The molecule has 0 aliphatic carbocycles. The van der Waals surface area contributed by atoms with Crippen molar-refractivity contribution >= 4 is 12.0 Å². The van der Waals surface area contributed by atoms with Gasteiger partial charge in [-0.2, -0.15) is 0 Å². The summed E-state index contributed by atoms with van der Waals surface area (Å²) < 4.78 is 0.